The van der Waals surface area contributed by atoms with Gasteiger partial charge >= 0.3 is 18.3 Å². The van der Waals surface area contributed by atoms with E-state index in [-0.39, 0.29) is 25.2 Å². The average molecular weight is 301 g/mol. The molecule has 0 unspecified atom stereocenters. The number of alkyl halides is 6. The van der Waals surface area contributed by atoms with Gasteiger partial charge in [0.15, 0.2) is 0 Å². The average Bonchev–Trinajstić information content (AvgIpc) is 2.94. The molecule has 1 fully saturated rings. The number of H-pyrrole nitrogens is 1. The van der Waals surface area contributed by atoms with Crippen LogP contribution in [0.3, 0.4) is 0 Å². The van der Waals surface area contributed by atoms with E-state index in [9.17, 15) is 31.1 Å². The summed E-state index contributed by atoms with van der Waals surface area (Å²) in [7, 11) is 0. The van der Waals surface area contributed by atoms with E-state index in [1.165, 1.54) is 0 Å². The van der Waals surface area contributed by atoms with Crippen LogP contribution in [0.4, 0.5) is 26.3 Å². The molecule has 2 heterocycles. The number of carbonyl (C=O) groups is 1. The fraction of sp³-hybridized carbons (Fsp3) is 0.600. The Morgan fingerprint density at radius 1 is 1.30 bits per heavy atom. The van der Waals surface area contributed by atoms with Gasteiger partial charge in [0.2, 0.25) is 0 Å². The largest absolute Gasteiger partial charge is 0.471 e. The summed E-state index contributed by atoms with van der Waals surface area (Å²) in [6.07, 6.45) is -8.81. The van der Waals surface area contributed by atoms with Crippen molar-refractivity contribution < 1.29 is 31.1 Å². The SMILES string of the molecule is O=C(N1CCC[C@H]1c1ncc(C(F)(F)F)[nH]1)C(F)(F)F. The number of nitrogens with one attached hydrogen (secondary N) is 1. The number of hydrogen-bond donors (Lipinski definition) is 1. The molecule has 4 nitrogen and oxygen atoms in total. The van der Waals surface area contributed by atoms with Gasteiger partial charge in [-0.25, -0.2) is 4.98 Å². The van der Waals surface area contributed by atoms with Crippen LogP contribution in [0, 0.1) is 0 Å². The van der Waals surface area contributed by atoms with Crippen molar-refractivity contribution in [3.8, 4) is 0 Å². The number of carbonyl (C=O) groups excluding carboxylic acids is 1. The molecule has 1 atom stereocenters. The molecular formula is C10H9F6N3O. The topological polar surface area (TPSA) is 49.0 Å². The highest BCUT2D eigenvalue weighted by atomic mass is 19.4. The van der Waals surface area contributed by atoms with Crippen LogP contribution >= 0.6 is 0 Å². The van der Waals surface area contributed by atoms with Crippen LogP contribution in [-0.2, 0) is 11.0 Å². The smallest absolute Gasteiger partial charge is 0.337 e. The predicted molar refractivity (Wildman–Crippen MR) is 53.3 cm³/mol. The van der Waals surface area contributed by atoms with Crippen LogP contribution < -0.4 is 0 Å². The summed E-state index contributed by atoms with van der Waals surface area (Å²) in [5, 5.41) is 0. The van der Waals surface area contributed by atoms with Gasteiger partial charge in [-0.05, 0) is 12.8 Å². The van der Waals surface area contributed by atoms with Crippen molar-refractivity contribution >= 4 is 5.91 Å². The molecule has 0 spiro atoms. The summed E-state index contributed by atoms with van der Waals surface area (Å²) in [6, 6.07) is -1.11. The molecule has 0 aromatic carbocycles. The molecule has 1 aromatic heterocycles. The quantitative estimate of drug-likeness (QED) is 0.811. The lowest BCUT2D eigenvalue weighted by Gasteiger charge is -2.24. The molecule has 0 aliphatic carbocycles. The third kappa shape index (κ3) is 2.73. The van der Waals surface area contributed by atoms with E-state index in [2.05, 4.69) is 4.98 Å². The Balaban J connectivity index is 2.24. The Bertz CT molecular complexity index is 506. The van der Waals surface area contributed by atoms with Crippen molar-refractivity contribution in [3.63, 3.8) is 0 Å². The number of likely N-dealkylation sites (tertiary alicyclic amines) is 1. The van der Waals surface area contributed by atoms with Crippen LogP contribution in [0.1, 0.15) is 30.4 Å². The van der Waals surface area contributed by atoms with E-state index in [1.54, 1.807) is 0 Å². The number of amides is 1. The van der Waals surface area contributed by atoms with Crippen LogP contribution in [0.2, 0.25) is 0 Å². The first-order valence-corrected chi connectivity index (χ1v) is 5.60. The maximum Gasteiger partial charge on any atom is 0.471 e. The van der Waals surface area contributed by atoms with Crippen LogP contribution in [0.15, 0.2) is 6.20 Å². The van der Waals surface area contributed by atoms with E-state index in [0.29, 0.717) is 11.1 Å². The Kier molecular flexibility index (Phi) is 3.42. The molecule has 112 valence electrons. The molecule has 0 radical (unpaired) electrons. The molecule has 0 saturated carbocycles. The molecule has 1 aliphatic heterocycles. The van der Waals surface area contributed by atoms with Gasteiger partial charge in [0.25, 0.3) is 0 Å². The summed E-state index contributed by atoms with van der Waals surface area (Å²) in [5.41, 5.74) is -1.15. The predicted octanol–water partition coefficient (Wildman–Crippen LogP) is 2.65. The first-order valence-electron chi connectivity index (χ1n) is 5.60. The van der Waals surface area contributed by atoms with E-state index >= 15 is 0 Å². The first-order chi connectivity index (χ1) is 9.10. The monoisotopic (exact) mass is 301 g/mol. The number of hydrogen-bond acceptors (Lipinski definition) is 2. The van der Waals surface area contributed by atoms with Gasteiger partial charge in [0.05, 0.1) is 12.2 Å². The molecule has 20 heavy (non-hydrogen) atoms. The Hall–Kier alpha value is -1.74. The molecule has 2 rings (SSSR count). The number of aromatic amines is 1. The van der Waals surface area contributed by atoms with Gasteiger partial charge < -0.3 is 9.88 Å². The normalized spacial score (nSPS) is 20.5. The zero-order valence-corrected chi connectivity index (χ0v) is 9.85. The van der Waals surface area contributed by atoms with Crippen LogP contribution in [0.5, 0.6) is 0 Å². The minimum atomic E-state index is -5.05. The molecular weight excluding hydrogens is 292 g/mol. The molecule has 1 aromatic rings. The molecule has 1 aliphatic rings. The highest BCUT2D eigenvalue weighted by molar-refractivity contribution is 5.82. The van der Waals surface area contributed by atoms with E-state index in [1.807, 2.05) is 4.98 Å². The molecule has 10 heteroatoms. The second-order valence-electron chi connectivity index (χ2n) is 4.33. The molecule has 1 N–H and O–H groups in total. The third-order valence-corrected chi connectivity index (χ3v) is 2.97. The number of aromatic nitrogens is 2. The lowest BCUT2D eigenvalue weighted by molar-refractivity contribution is -0.186. The van der Waals surface area contributed by atoms with Gasteiger partial charge in [0, 0.05) is 6.54 Å². The van der Waals surface area contributed by atoms with Crippen molar-refractivity contribution in [2.45, 2.75) is 31.2 Å². The Morgan fingerprint density at radius 2 is 1.95 bits per heavy atom. The second kappa shape index (κ2) is 4.67. The van der Waals surface area contributed by atoms with Crippen molar-refractivity contribution in [2.75, 3.05) is 6.54 Å². The highest BCUT2D eigenvalue weighted by Gasteiger charge is 2.47. The summed E-state index contributed by atoms with van der Waals surface area (Å²) in [6.45, 7) is -0.162. The highest BCUT2D eigenvalue weighted by Crippen LogP contribution is 2.35. The van der Waals surface area contributed by atoms with Crippen molar-refractivity contribution in [3.05, 3.63) is 17.7 Å². The summed E-state index contributed by atoms with van der Waals surface area (Å²) < 4.78 is 74.4. The Morgan fingerprint density at radius 3 is 2.45 bits per heavy atom. The summed E-state index contributed by atoms with van der Waals surface area (Å²) >= 11 is 0. The first kappa shape index (κ1) is 14.7. The van der Waals surface area contributed by atoms with Gasteiger partial charge in [-0.1, -0.05) is 0 Å². The van der Waals surface area contributed by atoms with Gasteiger partial charge in [-0.2, -0.15) is 26.3 Å². The molecule has 0 bridgehead atoms. The van der Waals surface area contributed by atoms with E-state index in [4.69, 9.17) is 0 Å². The molecule has 1 saturated heterocycles. The van der Waals surface area contributed by atoms with Gasteiger partial charge in [-0.3, -0.25) is 4.79 Å². The van der Waals surface area contributed by atoms with Gasteiger partial charge in [-0.15, -0.1) is 0 Å². The number of imidazole rings is 1. The van der Waals surface area contributed by atoms with E-state index in [0.717, 1.165) is 0 Å². The van der Waals surface area contributed by atoms with Gasteiger partial charge in [0.1, 0.15) is 11.5 Å². The number of halogens is 6. The van der Waals surface area contributed by atoms with Crippen molar-refractivity contribution in [1.82, 2.24) is 14.9 Å². The minimum Gasteiger partial charge on any atom is -0.337 e. The summed E-state index contributed by atoms with van der Waals surface area (Å²) in [4.78, 5) is 17.1. The lowest BCUT2D eigenvalue weighted by Crippen LogP contribution is -2.40. The standard InChI is InChI=1S/C10H9F6N3O/c11-9(12,13)6-4-17-7(18-6)5-2-1-3-19(5)8(20)10(14,15)16/h4-5H,1-3H2,(H,17,18)/t5-/m0/s1. The lowest BCUT2D eigenvalue weighted by atomic mass is 10.2. The van der Waals surface area contributed by atoms with Crippen LogP contribution in [-0.4, -0.2) is 33.5 Å². The van der Waals surface area contributed by atoms with Crippen molar-refractivity contribution in [1.29, 1.82) is 0 Å². The number of nitrogens with zero attached hydrogens (tertiary/aromatic N) is 2. The minimum absolute atomic E-state index is 0.132. The second-order valence-corrected chi connectivity index (χ2v) is 4.33. The van der Waals surface area contributed by atoms with Crippen molar-refractivity contribution in [2.24, 2.45) is 0 Å². The molecule has 1 amide bonds. The maximum atomic E-state index is 12.4. The van der Waals surface area contributed by atoms with Crippen LogP contribution in [0.25, 0.3) is 0 Å². The third-order valence-electron chi connectivity index (χ3n) is 2.97. The number of rotatable bonds is 1. The zero-order valence-electron chi connectivity index (χ0n) is 9.85. The maximum absolute atomic E-state index is 12.4. The zero-order chi connectivity index (χ0) is 15.1. The fourth-order valence-electron chi connectivity index (χ4n) is 2.11. The fourth-order valence-corrected chi connectivity index (χ4v) is 2.11. The van der Waals surface area contributed by atoms with E-state index < -0.39 is 30.0 Å². The summed E-state index contributed by atoms with van der Waals surface area (Å²) in [5.74, 6) is -2.35. The Labute approximate surface area is 108 Å².